The third kappa shape index (κ3) is 3.04. The predicted molar refractivity (Wildman–Crippen MR) is 88.5 cm³/mol. The van der Waals surface area contributed by atoms with E-state index in [0.717, 1.165) is 17.9 Å². The Hall–Kier alpha value is -2.28. The van der Waals surface area contributed by atoms with Crippen LogP contribution in [-0.4, -0.2) is 46.1 Å². The Bertz CT molecular complexity index is 787. The van der Waals surface area contributed by atoms with E-state index >= 15 is 0 Å². The fourth-order valence-electron chi connectivity index (χ4n) is 3.44. The highest BCUT2D eigenvalue weighted by molar-refractivity contribution is 5.94. The van der Waals surface area contributed by atoms with E-state index in [-0.39, 0.29) is 17.5 Å². The maximum atomic E-state index is 14.0. The lowest BCUT2D eigenvalue weighted by molar-refractivity contribution is 0.0486. The first-order valence-electron chi connectivity index (χ1n) is 8.65. The van der Waals surface area contributed by atoms with E-state index in [1.165, 1.54) is 25.0 Å². The molecule has 0 radical (unpaired) electrons. The summed E-state index contributed by atoms with van der Waals surface area (Å²) in [6.07, 6.45) is 3.16. The number of methoxy groups -OCH3 is 1. The molecule has 1 aliphatic carbocycles. The van der Waals surface area contributed by atoms with Crippen molar-refractivity contribution in [1.82, 2.24) is 19.9 Å². The van der Waals surface area contributed by atoms with Crippen LogP contribution in [0.5, 0.6) is 0 Å². The molecule has 132 valence electrons. The molecular weight excluding hydrogens is 323 g/mol. The van der Waals surface area contributed by atoms with Crippen molar-refractivity contribution in [3.8, 4) is 0 Å². The number of aromatic nitrogens is 3. The lowest BCUT2D eigenvalue weighted by Crippen LogP contribution is -2.42. The normalized spacial score (nSPS) is 19.8. The fraction of sp³-hybridized carbons (Fsp3) is 0.500. The minimum Gasteiger partial charge on any atom is -0.382 e. The standard InChI is InChI=1S/C18H21FN4O2/c1-25-11-16-17-15(23(21-20-17)10-12-6-7-12)8-9-22(16)18(24)13-4-2-3-5-14(13)19/h2-5,12,16H,6-11H2,1H3/t16-/m1/s1. The summed E-state index contributed by atoms with van der Waals surface area (Å²) in [7, 11) is 1.59. The molecule has 4 rings (SSSR count). The highest BCUT2D eigenvalue weighted by Crippen LogP contribution is 2.34. The van der Waals surface area contributed by atoms with Crippen molar-refractivity contribution in [3.05, 3.63) is 47.0 Å². The molecule has 7 heteroatoms. The number of amides is 1. The fourth-order valence-corrected chi connectivity index (χ4v) is 3.44. The SMILES string of the molecule is COC[C@@H]1c2nnn(CC3CC3)c2CCN1C(=O)c1ccccc1F. The van der Waals surface area contributed by atoms with Crippen LogP contribution in [0.25, 0.3) is 0 Å². The topological polar surface area (TPSA) is 60.3 Å². The van der Waals surface area contributed by atoms with Crippen molar-refractivity contribution in [1.29, 1.82) is 0 Å². The van der Waals surface area contributed by atoms with Gasteiger partial charge >= 0.3 is 0 Å². The smallest absolute Gasteiger partial charge is 0.257 e. The molecule has 1 fully saturated rings. The summed E-state index contributed by atoms with van der Waals surface area (Å²) in [4.78, 5) is 14.5. The van der Waals surface area contributed by atoms with E-state index in [1.54, 1.807) is 24.1 Å². The average molecular weight is 344 g/mol. The largest absolute Gasteiger partial charge is 0.382 e. The van der Waals surface area contributed by atoms with Gasteiger partial charge in [-0.2, -0.15) is 0 Å². The monoisotopic (exact) mass is 344 g/mol. The molecule has 0 bridgehead atoms. The van der Waals surface area contributed by atoms with Gasteiger partial charge in [0.1, 0.15) is 17.6 Å². The van der Waals surface area contributed by atoms with Gasteiger partial charge in [-0.25, -0.2) is 9.07 Å². The summed E-state index contributed by atoms with van der Waals surface area (Å²) in [5, 5.41) is 8.63. The molecular formula is C18H21FN4O2. The molecule has 1 aliphatic heterocycles. The van der Waals surface area contributed by atoms with Crippen molar-refractivity contribution < 1.29 is 13.9 Å². The first-order valence-corrected chi connectivity index (χ1v) is 8.65. The maximum absolute atomic E-state index is 14.0. The Balaban J connectivity index is 1.64. The number of benzene rings is 1. The van der Waals surface area contributed by atoms with E-state index in [0.29, 0.717) is 25.5 Å². The number of ether oxygens (including phenoxy) is 1. The third-order valence-corrected chi connectivity index (χ3v) is 4.97. The number of rotatable bonds is 5. The van der Waals surface area contributed by atoms with Crippen LogP contribution in [0.15, 0.2) is 24.3 Å². The van der Waals surface area contributed by atoms with Crippen molar-refractivity contribution in [3.63, 3.8) is 0 Å². The Kier molecular flexibility index (Phi) is 4.25. The summed E-state index contributed by atoms with van der Waals surface area (Å²) < 4.78 is 21.3. The Morgan fingerprint density at radius 3 is 2.88 bits per heavy atom. The first-order chi connectivity index (χ1) is 12.2. The van der Waals surface area contributed by atoms with E-state index in [1.807, 2.05) is 4.68 Å². The summed E-state index contributed by atoms with van der Waals surface area (Å²) in [6.45, 7) is 1.71. The molecule has 0 saturated heterocycles. The van der Waals surface area contributed by atoms with Crippen LogP contribution in [0.2, 0.25) is 0 Å². The molecule has 1 atom stereocenters. The molecule has 1 aromatic heterocycles. The van der Waals surface area contributed by atoms with Gasteiger partial charge in [0, 0.05) is 26.6 Å². The quantitative estimate of drug-likeness (QED) is 0.834. The maximum Gasteiger partial charge on any atom is 0.257 e. The molecule has 1 saturated carbocycles. The Morgan fingerprint density at radius 1 is 1.36 bits per heavy atom. The van der Waals surface area contributed by atoms with E-state index in [9.17, 15) is 9.18 Å². The van der Waals surface area contributed by atoms with Gasteiger partial charge in [-0.15, -0.1) is 5.10 Å². The summed E-state index contributed by atoms with van der Waals surface area (Å²) in [5.41, 5.74) is 1.93. The van der Waals surface area contributed by atoms with Gasteiger partial charge in [-0.3, -0.25) is 4.79 Å². The molecule has 2 aromatic rings. The Morgan fingerprint density at radius 2 is 2.16 bits per heavy atom. The molecule has 0 unspecified atom stereocenters. The molecule has 2 aliphatic rings. The molecule has 6 nitrogen and oxygen atoms in total. The highest BCUT2D eigenvalue weighted by Gasteiger charge is 2.36. The molecule has 25 heavy (non-hydrogen) atoms. The van der Waals surface area contributed by atoms with Crippen LogP contribution in [-0.2, 0) is 17.7 Å². The second kappa shape index (κ2) is 6.55. The van der Waals surface area contributed by atoms with Crippen LogP contribution >= 0.6 is 0 Å². The van der Waals surface area contributed by atoms with Crippen molar-refractivity contribution in [2.24, 2.45) is 5.92 Å². The van der Waals surface area contributed by atoms with Crippen LogP contribution in [0.4, 0.5) is 4.39 Å². The van der Waals surface area contributed by atoms with Crippen LogP contribution in [0, 0.1) is 11.7 Å². The van der Waals surface area contributed by atoms with Gasteiger partial charge in [-0.1, -0.05) is 17.3 Å². The zero-order chi connectivity index (χ0) is 17.4. The van der Waals surface area contributed by atoms with Gasteiger partial charge in [0.15, 0.2) is 0 Å². The molecule has 0 N–H and O–H groups in total. The lowest BCUT2D eigenvalue weighted by Gasteiger charge is -2.34. The number of halogens is 1. The van der Waals surface area contributed by atoms with Crippen molar-refractivity contribution >= 4 is 5.91 Å². The van der Waals surface area contributed by atoms with E-state index in [4.69, 9.17) is 4.74 Å². The zero-order valence-electron chi connectivity index (χ0n) is 14.2. The second-order valence-electron chi connectivity index (χ2n) is 6.75. The first kappa shape index (κ1) is 16.2. The number of hydrogen-bond donors (Lipinski definition) is 0. The number of nitrogens with zero attached hydrogens (tertiary/aromatic N) is 4. The minimum atomic E-state index is -0.508. The van der Waals surface area contributed by atoms with Gasteiger partial charge in [-0.05, 0) is 30.9 Å². The van der Waals surface area contributed by atoms with Gasteiger partial charge < -0.3 is 9.64 Å². The van der Waals surface area contributed by atoms with Crippen LogP contribution < -0.4 is 0 Å². The number of carbonyl (C=O) groups excluding carboxylic acids is 1. The lowest BCUT2D eigenvalue weighted by atomic mass is 10.0. The summed E-state index contributed by atoms with van der Waals surface area (Å²) >= 11 is 0. The summed E-state index contributed by atoms with van der Waals surface area (Å²) in [5.74, 6) is -0.140. The van der Waals surface area contributed by atoms with E-state index in [2.05, 4.69) is 10.3 Å². The van der Waals surface area contributed by atoms with E-state index < -0.39 is 5.82 Å². The molecule has 2 heterocycles. The Labute approximate surface area is 145 Å². The molecule has 0 spiro atoms. The van der Waals surface area contributed by atoms with Crippen LogP contribution in [0.1, 0.15) is 40.6 Å². The zero-order valence-corrected chi connectivity index (χ0v) is 14.2. The van der Waals surface area contributed by atoms with Crippen molar-refractivity contribution in [2.45, 2.75) is 31.8 Å². The van der Waals surface area contributed by atoms with Gasteiger partial charge in [0.2, 0.25) is 0 Å². The third-order valence-electron chi connectivity index (χ3n) is 4.97. The van der Waals surface area contributed by atoms with Crippen LogP contribution in [0.3, 0.4) is 0 Å². The average Bonchev–Trinajstić information content (AvgIpc) is 3.34. The van der Waals surface area contributed by atoms with Crippen molar-refractivity contribution in [2.75, 3.05) is 20.3 Å². The number of carbonyl (C=O) groups is 1. The molecule has 1 aromatic carbocycles. The minimum absolute atomic E-state index is 0.0809. The number of hydrogen-bond acceptors (Lipinski definition) is 4. The van der Waals surface area contributed by atoms with Gasteiger partial charge in [0.25, 0.3) is 5.91 Å². The number of fused-ring (bicyclic) bond motifs is 1. The second-order valence-corrected chi connectivity index (χ2v) is 6.75. The summed E-state index contributed by atoms with van der Waals surface area (Å²) in [6, 6.07) is 5.73. The highest BCUT2D eigenvalue weighted by atomic mass is 19.1. The predicted octanol–water partition coefficient (Wildman–Crippen LogP) is 2.21. The molecule has 1 amide bonds. The van der Waals surface area contributed by atoms with Gasteiger partial charge in [0.05, 0.1) is 17.9 Å².